The van der Waals surface area contributed by atoms with Gasteiger partial charge in [0.2, 0.25) is 0 Å². The molecule has 19 heavy (non-hydrogen) atoms. The minimum atomic E-state index is -0.487. The monoisotopic (exact) mass is 270 g/mol. The van der Waals surface area contributed by atoms with E-state index < -0.39 is 11.4 Å². The van der Waals surface area contributed by atoms with Crippen LogP contribution in [0.2, 0.25) is 0 Å². The maximum atomic E-state index is 12.4. The molecule has 0 saturated carbocycles. The largest absolute Gasteiger partial charge is 0.393 e. The van der Waals surface area contributed by atoms with Crippen molar-refractivity contribution in [2.75, 3.05) is 0 Å². The Hall–Kier alpha value is -0.860. The molecule has 0 aromatic rings. The summed E-state index contributed by atoms with van der Waals surface area (Å²) in [7, 11) is 0. The fraction of sp³-hybridized carbons (Fsp3) is 0.875. The van der Waals surface area contributed by atoms with E-state index >= 15 is 0 Å². The van der Waals surface area contributed by atoms with Gasteiger partial charge in [-0.25, -0.2) is 0 Å². The topological polar surface area (TPSA) is 43.4 Å². The molecule has 0 N–H and O–H groups in total. The maximum Gasteiger partial charge on any atom is 0.319 e. The molecule has 0 atom stereocenters. The van der Waals surface area contributed by atoms with E-state index in [1.54, 1.807) is 0 Å². The van der Waals surface area contributed by atoms with E-state index in [0.717, 1.165) is 57.8 Å². The molecule has 0 heterocycles. The lowest BCUT2D eigenvalue weighted by atomic mass is 9.74. The van der Waals surface area contributed by atoms with E-state index in [2.05, 4.69) is 20.8 Å². The van der Waals surface area contributed by atoms with Crippen molar-refractivity contribution >= 4 is 11.9 Å². The summed E-state index contributed by atoms with van der Waals surface area (Å²) in [6.45, 7) is 7.68. The van der Waals surface area contributed by atoms with Crippen LogP contribution in [0.15, 0.2) is 0 Å². The molecule has 112 valence electrons. The molecule has 0 aromatic carbocycles. The molecule has 0 aromatic heterocycles. The third-order valence-electron chi connectivity index (χ3n) is 3.70. The van der Waals surface area contributed by atoms with Crippen LogP contribution in [0.5, 0.6) is 0 Å². The second kappa shape index (κ2) is 9.99. The number of carbonyl (C=O) groups is 2. The van der Waals surface area contributed by atoms with Crippen LogP contribution in [0.4, 0.5) is 0 Å². The molecule has 0 bridgehead atoms. The zero-order valence-electron chi connectivity index (χ0n) is 13.1. The highest BCUT2D eigenvalue weighted by Gasteiger charge is 2.38. The SMILES string of the molecule is CCCCC(CCCC)(CCCC)C(=O)OC(C)=O. The number of ether oxygens (including phenoxy) is 1. The van der Waals surface area contributed by atoms with E-state index in [-0.39, 0.29) is 5.97 Å². The molecule has 0 aliphatic heterocycles. The summed E-state index contributed by atoms with van der Waals surface area (Å²) >= 11 is 0. The van der Waals surface area contributed by atoms with E-state index in [4.69, 9.17) is 4.74 Å². The van der Waals surface area contributed by atoms with Gasteiger partial charge in [0, 0.05) is 6.92 Å². The second-order valence-corrected chi connectivity index (χ2v) is 5.47. The van der Waals surface area contributed by atoms with Gasteiger partial charge in [-0.15, -0.1) is 0 Å². The van der Waals surface area contributed by atoms with Gasteiger partial charge in [-0.05, 0) is 19.3 Å². The van der Waals surface area contributed by atoms with Gasteiger partial charge < -0.3 is 4.74 Å². The van der Waals surface area contributed by atoms with Crippen molar-refractivity contribution in [3.05, 3.63) is 0 Å². The molecule has 0 rings (SSSR count). The van der Waals surface area contributed by atoms with Crippen LogP contribution in [-0.2, 0) is 14.3 Å². The summed E-state index contributed by atoms with van der Waals surface area (Å²) in [4.78, 5) is 23.4. The molecule has 0 aliphatic rings. The molecule has 0 fully saturated rings. The van der Waals surface area contributed by atoms with Gasteiger partial charge in [-0.1, -0.05) is 59.3 Å². The Balaban J connectivity index is 4.95. The van der Waals surface area contributed by atoms with Crippen LogP contribution in [0, 0.1) is 5.41 Å². The number of hydrogen-bond donors (Lipinski definition) is 0. The van der Waals surface area contributed by atoms with Crippen molar-refractivity contribution in [1.29, 1.82) is 0 Å². The summed E-state index contributed by atoms with van der Waals surface area (Å²) in [5, 5.41) is 0. The van der Waals surface area contributed by atoms with Crippen LogP contribution in [-0.4, -0.2) is 11.9 Å². The molecule has 0 saturated heterocycles. The molecule has 3 nitrogen and oxygen atoms in total. The molecule has 0 spiro atoms. The van der Waals surface area contributed by atoms with Gasteiger partial charge in [0.1, 0.15) is 0 Å². The summed E-state index contributed by atoms with van der Waals surface area (Å²) < 4.78 is 4.93. The summed E-state index contributed by atoms with van der Waals surface area (Å²) in [5.41, 5.74) is -0.437. The molecular formula is C16H30O3. The van der Waals surface area contributed by atoms with Crippen molar-refractivity contribution in [3.8, 4) is 0 Å². The lowest BCUT2D eigenvalue weighted by molar-refractivity contribution is -0.167. The summed E-state index contributed by atoms with van der Waals surface area (Å²) in [6.07, 6.45) is 8.76. The molecular weight excluding hydrogens is 240 g/mol. The zero-order chi connectivity index (χ0) is 14.7. The van der Waals surface area contributed by atoms with E-state index in [1.165, 1.54) is 6.92 Å². The number of esters is 2. The van der Waals surface area contributed by atoms with Gasteiger partial charge in [0.25, 0.3) is 0 Å². The summed E-state index contributed by atoms with van der Waals surface area (Å²) in [6, 6.07) is 0. The number of carbonyl (C=O) groups excluding carboxylic acids is 2. The van der Waals surface area contributed by atoms with E-state index in [9.17, 15) is 9.59 Å². The van der Waals surface area contributed by atoms with E-state index in [1.807, 2.05) is 0 Å². The quantitative estimate of drug-likeness (QED) is 0.429. The number of hydrogen-bond acceptors (Lipinski definition) is 3. The second-order valence-electron chi connectivity index (χ2n) is 5.47. The van der Waals surface area contributed by atoms with E-state index in [0.29, 0.717) is 0 Å². The van der Waals surface area contributed by atoms with Crippen LogP contribution in [0.25, 0.3) is 0 Å². The minimum Gasteiger partial charge on any atom is -0.393 e. The van der Waals surface area contributed by atoms with Gasteiger partial charge in [0.15, 0.2) is 0 Å². The van der Waals surface area contributed by atoms with Crippen LogP contribution >= 0.6 is 0 Å². The third-order valence-corrected chi connectivity index (χ3v) is 3.70. The van der Waals surface area contributed by atoms with Crippen molar-refractivity contribution in [1.82, 2.24) is 0 Å². The molecule has 0 unspecified atom stereocenters. The normalized spacial score (nSPS) is 11.4. The number of unbranched alkanes of at least 4 members (excludes halogenated alkanes) is 3. The van der Waals surface area contributed by atoms with Gasteiger partial charge >= 0.3 is 11.9 Å². The van der Waals surface area contributed by atoms with Gasteiger partial charge in [-0.3, -0.25) is 9.59 Å². The van der Waals surface area contributed by atoms with Crippen molar-refractivity contribution in [3.63, 3.8) is 0 Å². The van der Waals surface area contributed by atoms with Crippen molar-refractivity contribution in [2.24, 2.45) is 5.41 Å². The third kappa shape index (κ3) is 6.74. The van der Waals surface area contributed by atoms with Crippen LogP contribution in [0.1, 0.15) is 85.5 Å². The fourth-order valence-corrected chi connectivity index (χ4v) is 2.47. The molecule has 0 amide bonds. The highest BCUT2D eigenvalue weighted by Crippen LogP contribution is 2.38. The predicted molar refractivity (Wildman–Crippen MR) is 77.8 cm³/mol. The zero-order valence-corrected chi connectivity index (χ0v) is 13.1. The Morgan fingerprint density at radius 1 is 0.842 bits per heavy atom. The average molecular weight is 270 g/mol. The first kappa shape index (κ1) is 18.1. The number of rotatable bonds is 10. The lowest BCUT2D eigenvalue weighted by Gasteiger charge is -2.31. The first-order valence-electron chi connectivity index (χ1n) is 7.75. The van der Waals surface area contributed by atoms with Crippen LogP contribution < -0.4 is 0 Å². The first-order valence-corrected chi connectivity index (χ1v) is 7.75. The maximum absolute atomic E-state index is 12.4. The molecule has 0 aliphatic carbocycles. The van der Waals surface area contributed by atoms with Crippen LogP contribution in [0.3, 0.4) is 0 Å². The Morgan fingerprint density at radius 3 is 1.47 bits per heavy atom. The van der Waals surface area contributed by atoms with Crippen molar-refractivity contribution in [2.45, 2.75) is 85.5 Å². The first-order chi connectivity index (χ1) is 9.02. The highest BCUT2D eigenvalue weighted by molar-refractivity contribution is 5.87. The smallest absolute Gasteiger partial charge is 0.319 e. The Kier molecular flexibility index (Phi) is 9.54. The molecule has 0 radical (unpaired) electrons. The minimum absolute atomic E-state index is 0.296. The fourth-order valence-electron chi connectivity index (χ4n) is 2.47. The average Bonchev–Trinajstić information content (AvgIpc) is 2.37. The highest BCUT2D eigenvalue weighted by atomic mass is 16.6. The standard InChI is InChI=1S/C16H30O3/c1-5-8-11-16(12-9-6-2,13-10-7-3)15(18)19-14(4)17/h5-13H2,1-4H3. The Morgan fingerprint density at radius 2 is 1.21 bits per heavy atom. The predicted octanol–water partition coefficient (Wildman–Crippen LogP) is 4.63. The summed E-state index contributed by atoms with van der Waals surface area (Å²) in [5.74, 6) is -0.783. The van der Waals surface area contributed by atoms with Gasteiger partial charge in [-0.2, -0.15) is 0 Å². The lowest BCUT2D eigenvalue weighted by Crippen LogP contribution is -2.34. The molecule has 3 heteroatoms. The Labute approximate surface area is 118 Å². The van der Waals surface area contributed by atoms with Gasteiger partial charge in [0.05, 0.1) is 5.41 Å². The van der Waals surface area contributed by atoms with Crippen molar-refractivity contribution < 1.29 is 14.3 Å². The Bertz CT molecular complexity index is 249.